The highest BCUT2D eigenvalue weighted by Gasteiger charge is 2.29. The number of hydrogen-bond donors (Lipinski definition) is 2. The number of carbonyl (C=O) groups is 1. The maximum absolute atomic E-state index is 10.6. The topological polar surface area (TPSA) is 67.8 Å². The van der Waals surface area contributed by atoms with E-state index in [0.717, 1.165) is 26.1 Å². The molecule has 0 aromatic rings. The van der Waals surface area contributed by atoms with Crippen molar-refractivity contribution < 1.29 is 19.5 Å². The predicted octanol–water partition coefficient (Wildman–Crippen LogP) is 0.285. The van der Waals surface area contributed by atoms with Gasteiger partial charge in [0.25, 0.3) is 0 Å². The van der Waals surface area contributed by atoms with Crippen LogP contribution in [0, 0.1) is 5.92 Å². The Morgan fingerprint density at radius 2 is 2.21 bits per heavy atom. The van der Waals surface area contributed by atoms with E-state index in [1.54, 1.807) is 6.08 Å². The molecule has 1 atom stereocenters. The van der Waals surface area contributed by atoms with Crippen molar-refractivity contribution in [2.45, 2.75) is 18.9 Å². The Kier molecular flexibility index (Phi) is 2.69. The van der Waals surface area contributed by atoms with Crippen LogP contribution in [-0.4, -0.2) is 30.3 Å². The Hall–Kier alpha value is -1.07. The summed E-state index contributed by atoms with van der Waals surface area (Å²) in [5.41, 5.74) is 2.73. The lowest BCUT2D eigenvalue weighted by Crippen LogP contribution is -2.33. The molecule has 2 heterocycles. The monoisotopic (exact) mass is 199 g/mol. The van der Waals surface area contributed by atoms with Crippen molar-refractivity contribution in [2.75, 3.05) is 13.2 Å². The molecule has 0 bridgehead atoms. The molecule has 2 N–H and O–H groups in total. The second-order valence-corrected chi connectivity index (χ2v) is 3.53. The fourth-order valence-electron chi connectivity index (χ4n) is 1.78. The van der Waals surface area contributed by atoms with Gasteiger partial charge in [-0.25, -0.2) is 4.79 Å². The van der Waals surface area contributed by atoms with Crippen LogP contribution >= 0.6 is 0 Å². The molecule has 2 aliphatic rings. The summed E-state index contributed by atoms with van der Waals surface area (Å²) in [6.07, 6.45) is 3.53. The normalized spacial score (nSPS) is 28.3. The highest BCUT2D eigenvalue weighted by molar-refractivity contribution is 5.84. The minimum Gasteiger partial charge on any atom is -0.475 e. The summed E-state index contributed by atoms with van der Waals surface area (Å²) >= 11 is 0. The van der Waals surface area contributed by atoms with E-state index in [9.17, 15) is 4.79 Å². The van der Waals surface area contributed by atoms with Gasteiger partial charge in [0.15, 0.2) is 0 Å². The van der Waals surface area contributed by atoms with Crippen molar-refractivity contribution in [3.63, 3.8) is 0 Å². The molecule has 0 amide bonds. The zero-order valence-corrected chi connectivity index (χ0v) is 7.73. The van der Waals surface area contributed by atoms with Crippen LogP contribution in [0.4, 0.5) is 0 Å². The smallest absolute Gasteiger partial charge is 0.373 e. The van der Waals surface area contributed by atoms with Gasteiger partial charge in [0.05, 0.1) is 6.04 Å². The van der Waals surface area contributed by atoms with Gasteiger partial charge in [-0.1, -0.05) is 0 Å². The maximum atomic E-state index is 10.6. The molecule has 14 heavy (non-hydrogen) atoms. The fraction of sp³-hybridized carbons (Fsp3) is 0.667. The van der Waals surface area contributed by atoms with Crippen molar-refractivity contribution in [1.29, 1.82) is 0 Å². The second-order valence-electron chi connectivity index (χ2n) is 3.53. The average molecular weight is 199 g/mol. The molecule has 0 aromatic carbocycles. The van der Waals surface area contributed by atoms with Crippen LogP contribution in [0.5, 0.6) is 0 Å². The lowest BCUT2D eigenvalue weighted by molar-refractivity contribution is -0.137. The van der Waals surface area contributed by atoms with E-state index in [1.165, 1.54) is 0 Å². The second kappa shape index (κ2) is 3.98. The lowest BCUT2D eigenvalue weighted by atomic mass is 9.92. The zero-order valence-electron chi connectivity index (χ0n) is 7.73. The van der Waals surface area contributed by atoms with Gasteiger partial charge in [-0.05, 0) is 24.8 Å². The minimum atomic E-state index is -1.02. The van der Waals surface area contributed by atoms with Gasteiger partial charge in [0, 0.05) is 13.2 Å². The summed E-state index contributed by atoms with van der Waals surface area (Å²) in [6, 6.07) is 0.0185. The standard InChI is InChI=1S/C9H13NO4/c11-9(12)8-5-7(10-14-8)6-1-3-13-4-2-6/h5-7,10H,1-4H2,(H,11,12). The Labute approximate surface area is 81.6 Å². The first-order valence-electron chi connectivity index (χ1n) is 4.72. The Morgan fingerprint density at radius 3 is 2.79 bits per heavy atom. The highest BCUT2D eigenvalue weighted by Crippen LogP contribution is 2.23. The van der Waals surface area contributed by atoms with Gasteiger partial charge >= 0.3 is 5.97 Å². The van der Waals surface area contributed by atoms with Crippen molar-refractivity contribution in [3.05, 3.63) is 11.8 Å². The Bertz CT molecular complexity index is 258. The highest BCUT2D eigenvalue weighted by atomic mass is 16.7. The van der Waals surface area contributed by atoms with Crippen LogP contribution in [0.25, 0.3) is 0 Å². The predicted molar refractivity (Wildman–Crippen MR) is 47.3 cm³/mol. The van der Waals surface area contributed by atoms with E-state index in [2.05, 4.69) is 5.48 Å². The zero-order chi connectivity index (χ0) is 9.97. The van der Waals surface area contributed by atoms with Crippen LogP contribution in [0.15, 0.2) is 11.8 Å². The third-order valence-electron chi connectivity index (χ3n) is 2.62. The lowest BCUT2D eigenvalue weighted by Gasteiger charge is -2.25. The third kappa shape index (κ3) is 1.88. The van der Waals surface area contributed by atoms with Crippen molar-refractivity contribution in [1.82, 2.24) is 5.48 Å². The number of aliphatic carboxylic acids is 1. The number of ether oxygens (including phenoxy) is 1. The molecule has 2 rings (SSSR count). The van der Waals surface area contributed by atoms with Gasteiger partial charge in [0.2, 0.25) is 5.76 Å². The van der Waals surface area contributed by atoms with E-state index in [4.69, 9.17) is 14.7 Å². The first-order valence-corrected chi connectivity index (χ1v) is 4.72. The summed E-state index contributed by atoms with van der Waals surface area (Å²) in [7, 11) is 0. The molecule has 0 aromatic heterocycles. The summed E-state index contributed by atoms with van der Waals surface area (Å²) in [5, 5.41) is 8.67. The molecule has 1 fully saturated rings. The molecular weight excluding hydrogens is 186 g/mol. The number of carboxylic acids is 1. The molecule has 5 heteroatoms. The van der Waals surface area contributed by atoms with Crippen LogP contribution in [0.1, 0.15) is 12.8 Å². The van der Waals surface area contributed by atoms with Crippen molar-refractivity contribution in [2.24, 2.45) is 5.92 Å². The van der Waals surface area contributed by atoms with Gasteiger partial charge in [-0.3, -0.25) is 0 Å². The minimum absolute atomic E-state index is 0.00138. The van der Waals surface area contributed by atoms with Crippen LogP contribution in [0.3, 0.4) is 0 Å². The quantitative estimate of drug-likeness (QED) is 0.668. The van der Waals surface area contributed by atoms with Gasteiger partial charge < -0.3 is 14.7 Å². The van der Waals surface area contributed by atoms with Gasteiger partial charge in [0.1, 0.15) is 0 Å². The van der Waals surface area contributed by atoms with Crippen LogP contribution in [-0.2, 0) is 14.4 Å². The molecule has 0 aliphatic carbocycles. The molecule has 2 aliphatic heterocycles. The molecule has 0 saturated carbocycles. The maximum Gasteiger partial charge on any atom is 0.373 e. The molecule has 78 valence electrons. The largest absolute Gasteiger partial charge is 0.475 e. The Balaban J connectivity index is 1.96. The van der Waals surface area contributed by atoms with Crippen molar-refractivity contribution in [3.8, 4) is 0 Å². The molecule has 1 unspecified atom stereocenters. The molecule has 0 radical (unpaired) electrons. The fourth-order valence-corrected chi connectivity index (χ4v) is 1.78. The van der Waals surface area contributed by atoms with E-state index >= 15 is 0 Å². The number of carboxylic acid groups (broad SMARTS) is 1. The van der Waals surface area contributed by atoms with E-state index in [0.29, 0.717) is 5.92 Å². The summed E-state index contributed by atoms with van der Waals surface area (Å²) in [6.45, 7) is 1.50. The molecule has 5 nitrogen and oxygen atoms in total. The first-order chi connectivity index (χ1) is 6.77. The summed E-state index contributed by atoms with van der Waals surface area (Å²) < 4.78 is 5.23. The van der Waals surface area contributed by atoms with E-state index < -0.39 is 5.97 Å². The summed E-state index contributed by atoms with van der Waals surface area (Å²) in [5.74, 6) is -0.603. The van der Waals surface area contributed by atoms with Crippen molar-refractivity contribution >= 4 is 5.97 Å². The number of rotatable bonds is 2. The molecular formula is C9H13NO4. The number of hydroxylamine groups is 1. The van der Waals surface area contributed by atoms with Gasteiger partial charge in [-0.15, -0.1) is 5.48 Å². The van der Waals surface area contributed by atoms with Gasteiger partial charge in [-0.2, -0.15) is 0 Å². The number of hydrogen-bond acceptors (Lipinski definition) is 4. The Morgan fingerprint density at radius 1 is 1.50 bits per heavy atom. The van der Waals surface area contributed by atoms with E-state index in [-0.39, 0.29) is 11.8 Å². The summed E-state index contributed by atoms with van der Waals surface area (Å²) in [4.78, 5) is 15.4. The first kappa shape index (κ1) is 9.48. The average Bonchev–Trinajstić information content (AvgIpc) is 2.68. The SMILES string of the molecule is O=C(O)C1=CC(C2CCOCC2)NO1. The molecule has 0 spiro atoms. The third-order valence-corrected chi connectivity index (χ3v) is 2.62. The molecule has 1 saturated heterocycles. The number of nitrogens with one attached hydrogen (secondary N) is 1. The van der Waals surface area contributed by atoms with Crippen LogP contribution < -0.4 is 5.48 Å². The van der Waals surface area contributed by atoms with Crippen LogP contribution in [0.2, 0.25) is 0 Å². The van der Waals surface area contributed by atoms with E-state index in [1.807, 2.05) is 0 Å².